The molecule has 2 aromatic carbocycles. The second kappa shape index (κ2) is 9.04. The van der Waals surface area contributed by atoms with Crippen LogP contribution in [0.4, 0.5) is 5.69 Å². The molecule has 1 aliphatic rings. The summed E-state index contributed by atoms with van der Waals surface area (Å²) < 4.78 is 10.1. The number of fused-ring (bicyclic) bond motifs is 1. The van der Waals surface area contributed by atoms with E-state index in [-0.39, 0.29) is 24.3 Å². The number of para-hydroxylation sites is 1. The standard InChI is InChI=1S/C24H26N2O5/c1-24(2)19-7-5-6-8-20(19)26(3)21(24)13-17(27)15-31-22(28)14-25-23(29)16-9-11-18(30-4)12-10-16/h5-13H,14-15H2,1-4H3,(H,25,29)/b21-13-. The van der Waals surface area contributed by atoms with Gasteiger partial charge in [-0.05, 0) is 35.9 Å². The lowest BCUT2D eigenvalue weighted by Gasteiger charge is -2.23. The van der Waals surface area contributed by atoms with Crippen LogP contribution in [0.25, 0.3) is 0 Å². The van der Waals surface area contributed by atoms with Gasteiger partial charge in [0.25, 0.3) is 5.91 Å². The Morgan fingerprint density at radius 3 is 2.39 bits per heavy atom. The molecule has 0 aromatic heterocycles. The first-order chi connectivity index (χ1) is 14.7. The van der Waals surface area contributed by atoms with Crippen molar-refractivity contribution in [3.05, 3.63) is 71.4 Å². The van der Waals surface area contributed by atoms with E-state index >= 15 is 0 Å². The van der Waals surface area contributed by atoms with E-state index in [4.69, 9.17) is 9.47 Å². The van der Waals surface area contributed by atoms with Gasteiger partial charge in [-0.15, -0.1) is 0 Å². The van der Waals surface area contributed by atoms with Crippen molar-refractivity contribution < 1.29 is 23.9 Å². The van der Waals surface area contributed by atoms with Gasteiger partial charge in [-0.2, -0.15) is 0 Å². The minimum absolute atomic E-state index is 0.322. The quantitative estimate of drug-likeness (QED) is 0.546. The van der Waals surface area contributed by atoms with E-state index in [1.807, 2.05) is 36.2 Å². The van der Waals surface area contributed by atoms with Gasteiger partial charge in [-0.25, -0.2) is 0 Å². The van der Waals surface area contributed by atoms with Crippen molar-refractivity contribution in [2.24, 2.45) is 0 Å². The maximum Gasteiger partial charge on any atom is 0.325 e. The predicted octanol–water partition coefficient (Wildman–Crippen LogP) is 2.85. The molecule has 0 unspecified atom stereocenters. The second-order valence-electron chi connectivity index (χ2n) is 7.77. The highest BCUT2D eigenvalue weighted by Gasteiger charge is 2.38. The first kappa shape index (κ1) is 22.1. The Balaban J connectivity index is 1.52. The number of likely N-dealkylation sites (N-methyl/N-ethyl adjacent to an activating group) is 1. The molecule has 7 heteroatoms. The van der Waals surface area contributed by atoms with Gasteiger partial charge in [0.1, 0.15) is 12.3 Å². The number of ketones is 1. The Labute approximate surface area is 181 Å². The third kappa shape index (κ3) is 4.77. The topological polar surface area (TPSA) is 84.9 Å². The zero-order valence-electron chi connectivity index (χ0n) is 18.1. The molecule has 0 fully saturated rings. The molecule has 0 aliphatic carbocycles. The highest BCUT2D eigenvalue weighted by molar-refractivity contribution is 5.97. The SMILES string of the molecule is COc1ccc(C(=O)NCC(=O)OCC(=O)/C=C2\N(C)c3ccccc3C2(C)C)cc1. The van der Waals surface area contributed by atoms with Gasteiger partial charge in [0.2, 0.25) is 0 Å². The van der Waals surface area contributed by atoms with Crippen LogP contribution in [-0.2, 0) is 19.7 Å². The van der Waals surface area contributed by atoms with Crippen molar-refractivity contribution in [1.82, 2.24) is 5.32 Å². The van der Waals surface area contributed by atoms with Crippen molar-refractivity contribution >= 4 is 23.3 Å². The predicted molar refractivity (Wildman–Crippen MR) is 117 cm³/mol. The van der Waals surface area contributed by atoms with Gasteiger partial charge < -0.3 is 19.7 Å². The number of anilines is 1. The van der Waals surface area contributed by atoms with Gasteiger partial charge in [0.05, 0.1) is 7.11 Å². The van der Waals surface area contributed by atoms with Gasteiger partial charge in [0, 0.05) is 35.5 Å². The van der Waals surface area contributed by atoms with E-state index in [0.717, 1.165) is 16.9 Å². The molecule has 0 radical (unpaired) electrons. The lowest BCUT2D eigenvalue weighted by molar-refractivity contribution is -0.145. The number of hydrogen-bond donors (Lipinski definition) is 1. The number of carbonyl (C=O) groups is 3. The summed E-state index contributed by atoms with van der Waals surface area (Å²) in [6.45, 7) is 3.39. The Morgan fingerprint density at radius 2 is 1.74 bits per heavy atom. The molecular weight excluding hydrogens is 396 g/mol. The van der Waals surface area contributed by atoms with E-state index in [1.165, 1.54) is 13.2 Å². The third-order valence-electron chi connectivity index (χ3n) is 5.36. The van der Waals surface area contributed by atoms with Crippen molar-refractivity contribution in [2.75, 3.05) is 32.2 Å². The Kier molecular flexibility index (Phi) is 6.44. The third-order valence-corrected chi connectivity index (χ3v) is 5.36. The zero-order chi connectivity index (χ0) is 22.6. The van der Waals surface area contributed by atoms with Crippen LogP contribution in [-0.4, -0.2) is 45.0 Å². The molecule has 1 aliphatic heterocycles. The van der Waals surface area contributed by atoms with Crippen molar-refractivity contribution in [1.29, 1.82) is 0 Å². The summed E-state index contributed by atoms with van der Waals surface area (Å²) in [5, 5.41) is 2.48. The number of ether oxygens (including phenoxy) is 2. The Bertz CT molecular complexity index is 1020. The smallest absolute Gasteiger partial charge is 0.325 e. The van der Waals surface area contributed by atoms with Gasteiger partial charge in [-0.1, -0.05) is 32.0 Å². The van der Waals surface area contributed by atoms with E-state index in [1.54, 1.807) is 24.3 Å². The molecule has 0 spiro atoms. The summed E-state index contributed by atoms with van der Waals surface area (Å²) in [5.74, 6) is -0.795. The molecule has 1 amide bonds. The number of esters is 1. The first-order valence-electron chi connectivity index (χ1n) is 9.90. The highest BCUT2D eigenvalue weighted by atomic mass is 16.5. The normalized spacial score (nSPS) is 15.4. The molecule has 162 valence electrons. The largest absolute Gasteiger partial charge is 0.497 e. The summed E-state index contributed by atoms with van der Waals surface area (Å²) >= 11 is 0. The number of amides is 1. The maximum atomic E-state index is 12.4. The molecule has 0 saturated carbocycles. The van der Waals surface area contributed by atoms with Gasteiger partial charge in [-0.3, -0.25) is 14.4 Å². The number of rotatable bonds is 7. The fourth-order valence-electron chi connectivity index (χ4n) is 3.65. The fraction of sp³-hybridized carbons (Fsp3) is 0.292. The number of allylic oxidation sites excluding steroid dienone is 1. The van der Waals surface area contributed by atoms with Crippen LogP contribution in [0.3, 0.4) is 0 Å². The minimum Gasteiger partial charge on any atom is -0.497 e. The average Bonchev–Trinajstić information content (AvgIpc) is 2.97. The van der Waals surface area contributed by atoms with Crippen molar-refractivity contribution in [3.63, 3.8) is 0 Å². The second-order valence-corrected chi connectivity index (χ2v) is 7.77. The molecule has 7 nitrogen and oxygen atoms in total. The molecule has 0 atom stereocenters. The van der Waals surface area contributed by atoms with Crippen LogP contribution in [0.5, 0.6) is 5.75 Å². The number of hydrogen-bond acceptors (Lipinski definition) is 6. The fourth-order valence-corrected chi connectivity index (χ4v) is 3.65. The van der Waals surface area contributed by atoms with Crippen LogP contribution < -0.4 is 15.0 Å². The Hall–Kier alpha value is -3.61. The van der Waals surface area contributed by atoms with Crippen molar-refractivity contribution in [2.45, 2.75) is 19.3 Å². The first-order valence-corrected chi connectivity index (χ1v) is 9.90. The summed E-state index contributed by atoms with van der Waals surface area (Å²) in [5.41, 5.74) is 3.07. The maximum absolute atomic E-state index is 12.4. The molecule has 0 saturated heterocycles. The van der Waals surface area contributed by atoms with Gasteiger partial charge >= 0.3 is 5.97 Å². The molecule has 3 rings (SSSR count). The zero-order valence-corrected chi connectivity index (χ0v) is 18.1. The molecule has 1 heterocycles. The summed E-state index contributed by atoms with van der Waals surface area (Å²) in [6, 6.07) is 14.5. The average molecular weight is 422 g/mol. The molecule has 2 aromatic rings. The molecular formula is C24H26N2O5. The number of benzene rings is 2. The summed E-state index contributed by atoms with van der Waals surface area (Å²) in [7, 11) is 3.44. The van der Waals surface area contributed by atoms with Crippen LogP contribution in [0.15, 0.2) is 60.3 Å². The number of methoxy groups -OCH3 is 1. The van der Waals surface area contributed by atoms with Crippen molar-refractivity contribution in [3.8, 4) is 5.75 Å². The Morgan fingerprint density at radius 1 is 1.06 bits per heavy atom. The number of carbonyl (C=O) groups excluding carboxylic acids is 3. The minimum atomic E-state index is -0.684. The van der Waals surface area contributed by atoms with Crippen LogP contribution in [0.2, 0.25) is 0 Å². The lowest BCUT2D eigenvalue weighted by Crippen LogP contribution is -2.31. The van der Waals surface area contributed by atoms with Crippen LogP contribution in [0.1, 0.15) is 29.8 Å². The molecule has 0 bridgehead atoms. The van der Waals surface area contributed by atoms with Crippen LogP contribution in [0, 0.1) is 0 Å². The lowest BCUT2D eigenvalue weighted by atomic mass is 9.83. The summed E-state index contributed by atoms with van der Waals surface area (Å²) in [6.07, 6.45) is 1.52. The van der Waals surface area contributed by atoms with E-state index < -0.39 is 11.9 Å². The highest BCUT2D eigenvalue weighted by Crippen LogP contribution is 2.46. The number of nitrogens with zero attached hydrogens (tertiary/aromatic N) is 1. The summed E-state index contributed by atoms with van der Waals surface area (Å²) in [4.78, 5) is 38.4. The number of nitrogens with one attached hydrogen (secondary N) is 1. The molecule has 1 N–H and O–H groups in total. The van der Waals surface area contributed by atoms with E-state index in [2.05, 4.69) is 19.2 Å². The van der Waals surface area contributed by atoms with E-state index in [0.29, 0.717) is 11.3 Å². The molecule has 31 heavy (non-hydrogen) atoms. The monoisotopic (exact) mass is 422 g/mol. The van der Waals surface area contributed by atoms with Crippen LogP contribution >= 0.6 is 0 Å². The van der Waals surface area contributed by atoms with Gasteiger partial charge in [0.15, 0.2) is 12.4 Å². The van der Waals surface area contributed by atoms with E-state index in [9.17, 15) is 14.4 Å².